The van der Waals surface area contributed by atoms with E-state index in [1.807, 2.05) is 12.1 Å². The van der Waals surface area contributed by atoms with Gasteiger partial charge in [0.05, 0.1) is 19.3 Å². The Hall–Kier alpha value is -2.17. The van der Waals surface area contributed by atoms with Crippen LogP contribution < -0.4 is 5.32 Å². The predicted molar refractivity (Wildman–Crippen MR) is 118 cm³/mol. The fourth-order valence-corrected chi connectivity index (χ4v) is 3.74. The van der Waals surface area contributed by atoms with E-state index in [9.17, 15) is 4.79 Å². The Morgan fingerprint density at radius 2 is 1.66 bits per heavy atom. The fraction of sp³-hybridized carbons (Fsp3) is 0.480. The number of morpholine rings is 1. The fourth-order valence-electron chi connectivity index (χ4n) is 3.74. The SMILES string of the molecule is CCc1ccc(C(CNC(=O)c2ccc(C(C)(C)C)cc2)N2CCOCC2)cc1. The van der Waals surface area contributed by atoms with Gasteiger partial charge in [0, 0.05) is 25.2 Å². The quantitative estimate of drug-likeness (QED) is 0.792. The molecule has 0 spiro atoms. The van der Waals surface area contributed by atoms with Gasteiger partial charge in [-0.3, -0.25) is 9.69 Å². The number of hydrogen-bond acceptors (Lipinski definition) is 3. The van der Waals surface area contributed by atoms with Gasteiger partial charge in [0.15, 0.2) is 0 Å². The number of carbonyl (C=O) groups excluding carboxylic acids is 1. The van der Waals surface area contributed by atoms with Crippen molar-refractivity contribution in [1.82, 2.24) is 10.2 Å². The first-order valence-electron chi connectivity index (χ1n) is 10.7. The molecule has 0 aliphatic carbocycles. The molecule has 29 heavy (non-hydrogen) atoms. The molecule has 0 aromatic heterocycles. The van der Waals surface area contributed by atoms with E-state index in [-0.39, 0.29) is 17.4 Å². The topological polar surface area (TPSA) is 41.6 Å². The van der Waals surface area contributed by atoms with Gasteiger partial charge in [0.2, 0.25) is 0 Å². The summed E-state index contributed by atoms with van der Waals surface area (Å²) in [5.74, 6) is -0.0195. The second-order valence-electron chi connectivity index (χ2n) is 8.80. The minimum atomic E-state index is -0.0195. The molecule has 0 radical (unpaired) electrons. The summed E-state index contributed by atoms with van der Waals surface area (Å²) in [5.41, 5.74) is 4.60. The van der Waals surface area contributed by atoms with Crippen LogP contribution in [0.2, 0.25) is 0 Å². The van der Waals surface area contributed by atoms with Crippen LogP contribution in [0.4, 0.5) is 0 Å². The van der Waals surface area contributed by atoms with Crippen LogP contribution in [0.5, 0.6) is 0 Å². The molecule has 1 atom stereocenters. The van der Waals surface area contributed by atoms with Gasteiger partial charge in [0.1, 0.15) is 0 Å². The summed E-state index contributed by atoms with van der Waals surface area (Å²) in [6.07, 6.45) is 1.03. The number of nitrogens with one attached hydrogen (secondary N) is 1. The highest BCUT2D eigenvalue weighted by Crippen LogP contribution is 2.24. The number of benzene rings is 2. The number of ether oxygens (including phenoxy) is 1. The highest BCUT2D eigenvalue weighted by atomic mass is 16.5. The van der Waals surface area contributed by atoms with Crippen LogP contribution >= 0.6 is 0 Å². The van der Waals surface area contributed by atoms with Gasteiger partial charge in [0.25, 0.3) is 5.91 Å². The molecule has 1 aliphatic heterocycles. The maximum absolute atomic E-state index is 12.8. The number of rotatable bonds is 6. The van der Waals surface area contributed by atoms with Crippen LogP contribution in [0.1, 0.15) is 60.8 Å². The molecule has 156 valence electrons. The van der Waals surface area contributed by atoms with Crippen LogP contribution in [0.3, 0.4) is 0 Å². The zero-order valence-corrected chi connectivity index (χ0v) is 18.2. The molecular formula is C25H34N2O2. The third-order valence-corrected chi connectivity index (χ3v) is 5.73. The molecule has 0 saturated carbocycles. The van der Waals surface area contributed by atoms with E-state index in [1.54, 1.807) is 0 Å². The minimum Gasteiger partial charge on any atom is -0.379 e. The van der Waals surface area contributed by atoms with E-state index >= 15 is 0 Å². The summed E-state index contributed by atoms with van der Waals surface area (Å²) < 4.78 is 5.53. The molecule has 1 unspecified atom stereocenters. The van der Waals surface area contributed by atoms with Gasteiger partial charge in [-0.15, -0.1) is 0 Å². The highest BCUT2D eigenvalue weighted by molar-refractivity contribution is 5.94. The van der Waals surface area contributed by atoms with E-state index < -0.39 is 0 Å². The zero-order valence-electron chi connectivity index (χ0n) is 18.2. The van der Waals surface area contributed by atoms with E-state index in [1.165, 1.54) is 16.7 Å². The van der Waals surface area contributed by atoms with Crippen LogP contribution in [-0.2, 0) is 16.6 Å². The maximum Gasteiger partial charge on any atom is 0.251 e. The summed E-state index contributed by atoms with van der Waals surface area (Å²) in [7, 11) is 0. The van der Waals surface area contributed by atoms with Crippen LogP contribution in [0.15, 0.2) is 48.5 Å². The first kappa shape index (κ1) is 21.5. The van der Waals surface area contributed by atoms with Crippen molar-refractivity contribution in [3.8, 4) is 0 Å². The molecule has 4 heteroatoms. The smallest absolute Gasteiger partial charge is 0.251 e. The molecule has 1 fully saturated rings. The Morgan fingerprint density at radius 1 is 1.03 bits per heavy atom. The lowest BCUT2D eigenvalue weighted by atomic mass is 9.87. The number of hydrogen-bond donors (Lipinski definition) is 1. The highest BCUT2D eigenvalue weighted by Gasteiger charge is 2.23. The summed E-state index contributed by atoms with van der Waals surface area (Å²) in [6, 6.07) is 16.9. The van der Waals surface area contributed by atoms with E-state index in [4.69, 9.17) is 4.74 Å². The predicted octanol–water partition coefficient (Wildman–Crippen LogP) is 4.35. The van der Waals surface area contributed by atoms with Gasteiger partial charge < -0.3 is 10.1 Å². The molecule has 1 amide bonds. The van der Waals surface area contributed by atoms with Gasteiger partial charge in [-0.25, -0.2) is 0 Å². The van der Waals surface area contributed by atoms with E-state index in [2.05, 4.69) is 74.3 Å². The summed E-state index contributed by atoms with van der Waals surface area (Å²) in [6.45, 7) is 12.5. The average Bonchev–Trinajstić information content (AvgIpc) is 2.74. The molecule has 2 aromatic carbocycles. The summed E-state index contributed by atoms with van der Waals surface area (Å²) >= 11 is 0. The molecule has 3 rings (SSSR count). The van der Waals surface area contributed by atoms with Crippen molar-refractivity contribution in [2.45, 2.75) is 45.6 Å². The Kier molecular flexibility index (Phi) is 7.09. The van der Waals surface area contributed by atoms with Crippen LogP contribution in [0, 0.1) is 0 Å². The standard InChI is InChI=1S/C25H34N2O2/c1-5-19-6-8-20(9-7-19)23(27-14-16-29-17-15-27)18-26-24(28)21-10-12-22(13-11-21)25(2,3)4/h6-13,23H,5,14-18H2,1-4H3,(H,26,28). The Bertz CT molecular complexity index is 785. The summed E-state index contributed by atoms with van der Waals surface area (Å²) in [5, 5.41) is 3.16. The minimum absolute atomic E-state index is 0.0195. The Balaban J connectivity index is 1.70. The molecule has 1 N–H and O–H groups in total. The first-order valence-corrected chi connectivity index (χ1v) is 10.7. The van der Waals surface area contributed by atoms with Gasteiger partial charge in [-0.1, -0.05) is 64.1 Å². The van der Waals surface area contributed by atoms with Crippen molar-refractivity contribution in [2.24, 2.45) is 0 Å². The van der Waals surface area contributed by atoms with Crippen molar-refractivity contribution >= 4 is 5.91 Å². The average molecular weight is 395 g/mol. The van der Waals surface area contributed by atoms with Crippen molar-refractivity contribution in [2.75, 3.05) is 32.8 Å². The maximum atomic E-state index is 12.8. The normalized spacial score (nSPS) is 16.4. The van der Waals surface area contributed by atoms with Crippen molar-refractivity contribution in [3.05, 3.63) is 70.8 Å². The number of amides is 1. The monoisotopic (exact) mass is 394 g/mol. The molecule has 1 aliphatic rings. The first-order chi connectivity index (χ1) is 13.9. The van der Waals surface area contributed by atoms with Crippen molar-refractivity contribution < 1.29 is 9.53 Å². The molecule has 1 saturated heterocycles. The Morgan fingerprint density at radius 3 is 2.21 bits per heavy atom. The number of carbonyl (C=O) groups is 1. The number of nitrogens with zero attached hydrogens (tertiary/aromatic N) is 1. The number of aryl methyl sites for hydroxylation is 1. The lowest BCUT2D eigenvalue weighted by Gasteiger charge is -2.35. The largest absolute Gasteiger partial charge is 0.379 e. The molecule has 1 heterocycles. The van der Waals surface area contributed by atoms with Crippen molar-refractivity contribution in [3.63, 3.8) is 0 Å². The van der Waals surface area contributed by atoms with Gasteiger partial charge in [-0.05, 0) is 40.7 Å². The Labute approximate surface area is 175 Å². The van der Waals surface area contributed by atoms with Crippen LogP contribution in [-0.4, -0.2) is 43.7 Å². The van der Waals surface area contributed by atoms with Gasteiger partial charge in [-0.2, -0.15) is 0 Å². The van der Waals surface area contributed by atoms with Gasteiger partial charge >= 0.3 is 0 Å². The third kappa shape index (κ3) is 5.68. The van der Waals surface area contributed by atoms with Crippen molar-refractivity contribution in [1.29, 1.82) is 0 Å². The second kappa shape index (κ2) is 9.55. The van der Waals surface area contributed by atoms with E-state index in [0.29, 0.717) is 12.1 Å². The molecule has 0 bridgehead atoms. The van der Waals surface area contributed by atoms with E-state index in [0.717, 1.165) is 32.7 Å². The summed E-state index contributed by atoms with van der Waals surface area (Å²) in [4.78, 5) is 15.2. The third-order valence-electron chi connectivity index (χ3n) is 5.73. The zero-order chi connectivity index (χ0) is 20.9. The molecule has 2 aromatic rings. The lowest BCUT2D eigenvalue weighted by molar-refractivity contribution is 0.0162. The molecular weight excluding hydrogens is 360 g/mol. The second-order valence-corrected chi connectivity index (χ2v) is 8.80. The lowest BCUT2D eigenvalue weighted by Crippen LogP contribution is -2.43. The molecule has 4 nitrogen and oxygen atoms in total. The van der Waals surface area contributed by atoms with Crippen LogP contribution in [0.25, 0.3) is 0 Å².